The molecular weight excluding hydrogens is 508 g/mol. The van der Waals surface area contributed by atoms with Crippen molar-refractivity contribution in [2.24, 2.45) is 0 Å². The van der Waals surface area contributed by atoms with Gasteiger partial charge in [0, 0.05) is 44.0 Å². The molecule has 0 bridgehead atoms. The molecule has 11 heteroatoms. The summed E-state index contributed by atoms with van der Waals surface area (Å²) in [4.78, 5) is 36.0. The summed E-state index contributed by atoms with van der Waals surface area (Å²) in [6.45, 7) is 7.73. The van der Waals surface area contributed by atoms with E-state index in [1.165, 1.54) is 17.5 Å². The van der Waals surface area contributed by atoms with Crippen molar-refractivity contribution in [2.75, 3.05) is 48.8 Å². The smallest absolute Gasteiger partial charge is 0.267 e. The van der Waals surface area contributed by atoms with Gasteiger partial charge in [0.25, 0.3) is 5.91 Å². The number of nitrogens with zero attached hydrogens (tertiary/aromatic N) is 6. The minimum Gasteiger partial charge on any atom is -0.354 e. The first-order valence-electron chi connectivity index (χ1n) is 11.9. The quantitative estimate of drug-likeness (QED) is 0.356. The second kappa shape index (κ2) is 10.8. The summed E-state index contributed by atoms with van der Waals surface area (Å²) in [5.74, 6) is 1.91. The molecule has 37 heavy (non-hydrogen) atoms. The van der Waals surface area contributed by atoms with Crippen LogP contribution in [0.5, 0.6) is 0 Å². The maximum absolute atomic E-state index is 12.8. The van der Waals surface area contributed by atoms with Crippen LogP contribution in [0.25, 0.3) is 11.3 Å². The molecule has 190 valence electrons. The van der Waals surface area contributed by atoms with Crippen LogP contribution in [0.15, 0.2) is 48.8 Å². The van der Waals surface area contributed by atoms with Crippen LogP contribution >= 0.6 is 22.9 Å². The van der Waals surface area contributed by atoms with Crippen molar-refractivity contribution >= 4 is 51.3 Å². The first-order valence-corrected chi connectivity index (χ1v) is 13.1. The van der Waals surface area contributed by atoms with Gasteiger partial charge in [0.1, 0.15) is 22.3 Å². The summed E-state index contributed by atoms with van der Waals surface area (Å²) >= 11 is 7.48. The number of amides is 1. The van der Waals surface area contributed by atoms with Crippen LogP contribution in [0.3, 0.4) is 0 Å². The number of hydrogen-bond donors (Lipinski definition) is 2. The Kier molecular flexibility index (Phi) is 7.31. The molecule has 4 heterocycles. The van der Waals surface area contributed by atoms with Gasteiger partial charge in [-0.25, -0.2) is 19.9 Å². The van der Waals surface area contributed by atoms with Gasteiger partial charge in [0.15, 0.2) is 5.13 Å². The number of pyridine rings is 1. The van der Waals surface area contributed by atoms with Gasteiger partial charge in [-0.05, 0) is 44.7 Å². The summed E-state index contributed by atoms with van der Waals surface area (Å²) in [6, 6.07) is 11.4. The molecule has 0 spiro atoms. The molecule has 0 saturated carbocycles. The number of thiazole rings is 1. The minimum atomic E-state index is -0.271. The molecule has 1 aliphatic heterocycles. The molecule has 0 radical (unpaired) electrons. The van der Waals surface area contributed by atoms with Gasteiger partial charge in [-0.3, -0.25) is 4.79 Å². The van der Waals surface area contributed by atoms with Crippen molar-refractivity contribution in [1.29, 1.82) is 0 Å². The number of nitrogens with one attached hydrogen (secondary N) is 2. The Morgan fingerprint density at radius 3 is 2.57 bits per heavy atom. The summed E-state index contributed by atoms with van der Waals surface area (Å²) in [7, 11) is 2.14. The van der Waals surface area contributed by atoms with E-state index >= 15 is 0 Å². The van der Waals surface area contributed by atoms with Gasteiger partial charge in [-0.1, -0.05) is 35.1 Å². The summed E-state index contributed by atoms with van der Waals surface area (Å²) in [5.41, 5.74) is 3.15. The first-order chi connectivity index (χ1) is 17.9. The van der Waals surface area contributed by atoms with Crippen molar-refractivity contribution in [1.82, 2.24) is 24.8 Å². The number of anilines is 4. The maximum Gasteiger partial charge on any atom is 0.267 e. The number of para-hydroxylation sites is 1. The van der Waals surface area contributed by atoms with E-state index in [-0.39, 0.29) is 5.91 Å². The lowest BCUT2D eigenvalue weighted by molar-refractivity contribution is 0.103. The van der Waals surface area contributed by atoms with Crippen LogP contribution in [-0.2, 0) is 0 Å². The van der Waals surface area contributed by atoms with E-state index in [0.717, 1.165) is 48.8 Å². The number of aryl methyl sites for hydroxylation is 2. The molecule has 0 atom stereocenters. The highest BCUT2D eigenvalue weighted by atomic mass is 35.5. The van der Waals surface area contributed by atoms with Crippen LogP contribution in [0.2, 0.25) is 5.02 Å². The zero-order valence-electron chi connectivity index (χ0n) is 20.8. The number of hydrogen-bond acceptors (Lipinski definition) is 9. The van der Waals surface area contributed by atoms with Gasteiger partial charge in [0.2, 0.25) is 0 Å². The summed E-state index contributed by atoms with van der Waals surface area (Å²) in [5, 5.41) is 7.12. The SMILES string of the molecule is Cc1nc(Nc2ncc(C(=O)Nc3c(C)cccc3Cl)s2)cc(-c2ccc(N3CCN(C)CC3)nc2)n1. The number of rotatable bonds is 6. The molecule has 0 unspecified atom stereocenters. The number of halogens is 1. The number of likely N-dealkylation sites (N-methyl/N-ethyl adjacent to an activating group) is 1. The summed E-state index contributed by atoms with van der Waals surface area (Å²) in [6.07, 6.45) is 3.38. The average molecular weight is 535 g/mol. The van der Waals surface area contributed by atoms with Gasteiger partial charge >= 0.3 is 0 Å². The third-order valence-corrected chi connectivity index (χ3v) is 7.36. The lowest BCUT2D eigenvalue weighted by atomic mass is 10.2. The van der Waals surface area contributed by atoms with Crippen LogP contribution < -0.4 is 15.5 Å². The van der Waals surface area contributed by atoms with Gasteiger partial charge < -0.3 is 20.4 Å². The average Bonchev–Trinajstić information content (AvgIpc) is 3.35. The number of piperazine rings is 1. The van der Waals surface area contributed by atoms with Crippen molar-refractivity contribution in [2.45, 2.75) is 13.8 Å². The Hall–Kier alpha value is -3.60. The lowest BCUT2D eigenvalue weighted by Gasteiger charge is -2.33. The summed E-state index contributed by atoms with van der Waals surface area (Å²) < 4.78 is 0. The van der Waals surface area contributed by atoms with Crippen molar-refractivity contribution in [3.05, 3.63) is 70.1 Å². The Morgan fingerprint density at radius 2 is 1.84 bits per heavy atom. The molecule has 2 N–H and O–H groups in total. The third kappa shape index (κ3) is 5.87. The van der Waals surface area contributed by atoms with Gasteiger partial charge in [-0.2, -0.15) is 0 Å². The highest BCUT2D eigenvalue weighted by Crippen LogP contribution is 2.29. The molecule has 5 rings (SSSR count). The predicted octanol–water partition coefficient (Wildman–Crippen LogP) is 5.01. The molecule has 3 aromatic heterocycles. The highest BCUT2D eigenvalue weighted by Gasteiger charge is 2.17. The van der Waals surface area contributed by atoms with Crippen molar-refractivity contribution in [3.63, 3.8) is 0 Å². The number of carbonyl (C=O) groups is 1. The molecule has 9 nitrogen and oxygen atoms in total. The Morgan fingerprint density at radius 1 is 1.03 bits per heavy atom. The number of aromatic nitrogens is 4. The largest absolute Gasteiger partial charge is 0.354 e. The Balaban J connectivity index is 1.29. The van der Waals surface area contributed by atoms with E-state index < -0.39 is 0 Å². The molecule has 1 aliphatic rings. The van der Waals surface area contributed by atoms with Gasteiger partial charge in [-0.15, -0.1) is 0 Å². The molecule has 1 saturated heterocycles. The van der Waals surface area contributed by atoms with E-state index in [0.29, 0.717) is 32.4 Å². The lowest BCUT2D eigenvalue weighted by Crippen LogP contribution is -2.44. The molecule has 1 amide bonds. The van der Waals surface area contributed by atoms with E-state index in [4.69, 9.17) is 11.6 Å². The standard InChI is InChI=1S/C26H27ClN8OS/c1-16-5-4-6-19(27)24(16)33-25(36)21-15-29-26(37-21)32-22-13-20(30-17(2)31-22)18-7-8-23(28-14-18)35-11-9-34(3)10-12-35/h4-8,13-15H,9-12H2,1-3H3,(H,33,36)(H,29,30,31,32). The second-order valence-corrected chi connectivity index (χ2v) is 10.4. The van der Waals surface area contributed by atoms with E-state index in [1.807, 2.05) is 50.4 Å². The minimum absolute atomic E-state index is 0.271. The topological polar surface area (TPSA) is 99.2 Å². The first kappa shape index (κ1) is 25.1. The number of benzene rings is 1. The fourth-order valence-electron chi connectivity index (χ4n) is 4.05. The predicted molar refractivity (Wildman–Crippen MR) is 149 cm³/mol. The highest BCUT2D eigenvalue weighted by molar-refractivity contribution is 7.17. The van der Waals surface area contributed by atoms with Crippen LogP contribution in [0.4, 0.5) is 22.5 Å². The van der Waals surface area contributed by atoms with Crippen molar-refractivity contribution in [3.8, 4) is 11.3 Å². The van der Waals surface area contributed by atoms with E-state index in [2.05, 4.69) is 47.4 Å². The molecule has 1 aromatic carbocycles. The van der Waals surface area contributed by atoms with E-state index in [9.17, 15) is 4.79 Å². The molecule has 1 fully saturated rings. The number of carbonyl (C=O) groups excluding carboxylic acids is 1. The fraction of sp³-hybridized carbons (Fsp3) is 0.269. The molecule has 4 aromatic rings. The molecule has 0 aliphatic carbocycles. The van der Waals surface area contributed by atoms with Crippen LogP contribution in [-0.4, -0.2) is 64.0 Å². The maximum atomic E-state index is 12.8. The second-order valence-electron chi connectivity index (χ2n) is 8.92. The van der Waals surface area contributed by atoms with E-state index in [1.54, 1.807) is 6.07 Å². The Labute approximate surface area is 224 Å². The monoisotopic (exact) mass is 534 g/mol. The fourth-order valence-corrected chi connectivity index (χ4v) is 5.04. The Bertz CT molecular complexity index is 1400. The van der Waals surface area contributed by atoms with Gasteiger partial charge in [0.05, 0.1) is 22.6 Å². The van der Waals surface area contributed by atoms with Crippen LogP contribution in [0, 0.1) is 13.8 Å². The van der Waals surface area contributed by atoms with Crippen LogP contribution in [0.1, 0.15) is 21.1 Å². The normalized spacial score (nSPS) is 14.0. The molecular formula is C26H27ClN8OS. The zero-order chi connectivity index (χ0) is 25.9. The van der Waals surface area contributed by atoms with Crippen molar-refractivity contribution < 1.29 is 4.79 Å². The zero-order valence-corrected chi connectivity index (χ0v) is 22.4. The third-order valence-electron chi connectivity index (χ3n) is 6.13.